The molecule has 8 heteroatoms. The van der Waals surface area contributed by atoms with E-state index in [1.165, 1.54) is 27.4 Å². The largest absolute Gasteiger partial charge is 0.352 e. The van der Waals surface area contributed by atoms with Crippen LogP contribution in [-0.4, -0.2) is 58.9 Å². The Balaban J connectivity index is 2.95. The molecule has 2 N–H and O–H groups in total. The van der Waals surface area contributed by atoms with E-state index in [1.54, 1.807) is 13.8 Å². The fraction of sp³-hybridized carbons (Fsp3) is 0.562. The number of nitrogens with one attached hydrogen (secondary N) is 2. The Morgan fingerprint density at radius 2 is 1.88 bits per heavy atom. The molecule has 6 nitrogen and oxygen atoms in total. The Morgan fingerprint density at radius 3 is 2.42 bits per heavy atom. The lowest BCUT2D eigenvalue weighted by Gasteiger charge is -2.19. The normalized spacial score (nSPS) is 12.0. The molecule has 0 aliphatic heterocycles. The van der Waals surface area contributed by atoms with Gasteiger partial charge in [0.25, 0.3) is 5.91 Å². The van der Waals surface area contributed by atoms with E-state index in [0.717, 1.165) is 13.0 Å². The summed E-state index contributed by atoms with van der Waals surface area (Å²) in [4.78, 5) is 13.5. The van der Waals surface area contributed by atoms with Crippen LogP contribution in [0.15, 0.2) is 23.1 Å². The summed E-state index contributed by atoms with van der Waals surface area (Å²) < 4.78 is 26.6. The van der Waals surface area contributed by atoms with Gasteiger partial charge in [-0.3, -0.25) is 4.79 Å². The molecular weight excluding hydrogens is 350 g/mol. The average molecular weight is 377 g/mol. The molecule has 0 saturated carbocycles. The molecule has 0 unspecified atom stereocenters. The smallest absolute Gasteiger partial charge is 0.251 e. The summed E-state index contributed by atoms with van der Waals surface area (Å²) in [6.07, 6.45) is 0.853. The zero-order valence-electron chi connectivity index (χ0n) is 14.7. The number of sulfonamides is 1. The summed E-state index contributed by atoms with van der Waals surface area (Å²) in [5.41, 5.74) is 0.294. The van der Waals surface area contributed by atoms with Crippen LogP contribution in [-0.2, 0) is 10.0 Å². The number of quaternary nitrogens is 1. The van der Waals surface area contributed by atoms with Crippen molar-refractivity contribution in [2.45, 2.75) is 25.2 Å². The number of nitrogens with zero attached hydrogens (tertiary/aromatic N) is 1. The van der Waals surface area contributed by atoms with Gasteiger partial charge in [-0.25, -0.2) is 8.42 Å². The van der Waals surface area contributed by atoms with Crippen molar-refractivity contribution in [3.8, 4) is 0 Å². The first kappa shape index (κ1) is 20.9. The second kappa shape index (κ2) is 9.36. The van der Waals surface area contributed by atoms with Gasteiger partial charge in [-0.2, -0.15) is 4.31 Å². The Hall–Kier alpha value is -1.15. The van der Waals surface area contributed by atoms with Crippen LogP contribution < -0.4 is 10.2 Å². The summed E-state index contributed by atoms with van der Waals surface area (Å²) in [7, 11) is 0.388. The van der Waals surface area contributed by atoms with Gasteiger partial charge in [0.1, 0.15) is 4.90 Å². The summed E-state index contributed by atoms with van der Waals surface area (Å²) in [5, 5.41) is 2.93. The van der Waals surface area contributed by atoms with Crippen LogP contribution in [0.1, 0.15) is 30.6 Å². The number of hydrogen-bond acceptors (Lipinski definition) is 3. The maximum Gasteiger partial charge on any atom is 0.251 e. The number of benzene rings is 1. The van der Waals surface area contributed by atoms with E-state index in [9.17, 15) is 13.2 Å². The van der Waals surface area contributed by atoms with E-state index >= 15 is 0 Å². The molecule has 0 heterocycles. The maximum absolute atomic E-state index is 12.6. The van der Waals surface area contributed by atoms with Gasteiger partial charge in [0, 0.05) is 31.6 Å². The molecule has 0 fully saturated rings. The Labute approximate surface area is 149 Å². The molecule has 0 bridgehead atoms. The van der Waals surface area contributed by atoms with E-state index in [1.807, 2.05) is 14.1 Å². The predicted molar refractivity (Wildman–Crippen MR) is 96.2 cm³/mol. The van der Waals surface area contributed by atoms with Crippen molar-refractivity contribution in [3.63, 3.8) is 0 Å². The molecule has 1 aromatic carbocycles. The van der Waals surface area contributed by atoms with Gasteiger partial charge in [0.15, 0.2) is 0 Å². The Bertz CT molecular complexity index is 659. The molecule has 0 aliphatic carbocycles. The number of carbonyl (C=O) groups excluding carboxylic acids is 1. The first-order valence-electron chi connectivity index (χ1n) is 8.10. The van der Waals surface area contributed by atoms with Crippen molar-refractivity contribution in [1.82, 2.24) is 9.62 Å². The number of rotatable bonds is 9. The van der Waals surface area contributed by atoms with E-state index in [0.29, 0.717) is 25.2 Å². The van der Waals surface area contributed by atoms with Crippen LogP contribution >= 0.6 is 11.6 Å². The highest BCUT2D eigenvalue weighted by molar-refractivity contribution is 7.89. The quantitative estimate of drug-likeness (QED) is 0.621. The highest BCUT2D eigenvalue weighted by atomic mass is 35.5. The van der Waals surface area contributed by atoms with Crippen molar-refractivity contribution in [2.75, 3.05) is 40.3 Å². The van der Waals surface area contributed by atoms with Gasteiger partial charge in [0.05, 0.1) is 25.7 Å². The molecule has 1 amide bonds. The monoisotopic (exact) mass is 376 g/mol. The van der Waals surface area contributed by atoms with Crippen LogP contribution in [0.3, 0.4) is 0 Å². The number of carbonyl (C=O) groups is 1. The van der Waals surface area contributed by atoms with E-state index in [-0.39, 0.29) is 15.8 Å². The fourth-order valence-corrected chi connectivity index (χ4v) is 4.25. The number of amides is 1. The summed E-state index contributed by atoms with van der Waals surface area (Å²) >= 11 is 6.06. The van der Waals surface area contributed by atoms with Crippen molar-refractivity contribution in [1.29, 1.82) is 0 Å². The first-order valence-corrected chi connectivity index (χ1v) is 9.92. The van der Waals surface area contributed by atoms with Crippen molar-refractivity contribution in [2.24, 2.45) is 0 Å². The highest BCUT2D eigenvalue weighted by Crippen LogP contribution is 2.25. The molecule has 24 heavy (non-hydrogen) atoms. The SMILES string of the molecule is CCN(CC)S(=O)(=O)c1cc(C(=O)NCCC[NH+](C)C)ccc1Cl. The zero-order chi connectivity index (χ0) is 18.3. The van der Waals surface area contributed by atoms with Crippen molar-refractivity contribution >= 4 is 27.5 Å². The van der Waals surface area contributed by atoms with Gasteiger partial charge in [-0.1, -0.05) is 25.4 Å². The lowest BCUT2D eigenvalue weighted by atomic mass is 10.2. The minimum Gasteiger partial charge on any atom is -0.352 e. The van der Waals surface area contributed by atoms with E-state index in [4.69, 9.17) is 11.6 Å². The topological polar surface area (TPSA) is 70.9 Å². The van der Waals surface area contributed by atoms with Crippen LogP contribution in [0, 0.1) is 0 Å². The zero-order valence-corrected chi connectivity index (χ0v) is 16.3. The molecule has 0 saturated heterocycles. The van der Waals surface area contributed by atoms with Crippen LogP contribution in [0.4, 0.5) is 0 Å². The highest BCUT2D eigenvalue weighted by Gasteiger charge is 2.25. The lowest BCUT2D eigenvalue weighted by molar-refractivity contribution is -0.858. The molecule has 0 spiro atoms. The van der Waals surface area contributed by atoms with E-state index < -0.39 is 10.0 Å². The van der Waals surface area contributed by atoms with Gasteiger partial charge < -0.3 is 10.2 Å². The van der Waals surface area contributed by atoms with Crippen LogP contribution in [0.2, 0.25) is 5.02 Å². The Kier molecular flexibility index (Phi) is 8.15. The molecule has 0 radical (unpaired) electrons. The first-order chi connectivity index (χ1) is 11.2. The molecule has 0 atom stereocenters. The predicted octanol–water partition coefficient (Wildman–Crippen LogP) is 0.635. The van der Waals surface area contributed by atoms with Gasteiger partial charge in [-0.15, -0.1) is 0 Å². The summed E-state index contributed by atoms with van der Waals surface area (Å²) in [6.45, 7) is 5.71. The van der Waals surface area contributed by atoms with Gasteiger partial charge in [0.2, 0.25) is 10.0 Å². The fourth-order valence-electron chi connectivity index (χ4n) is 2.29. The second-order valence-electron chi connectivity index (χ2n) is 5.80. The molecule has 1 aromatic rings. The van der Waals surface area contributed by atoms with E-state index in [2.05, 4.69) is 5.32 Å². The molecule has 136 valence electrons. The Morgan fingerprint density at radius 1 is 1.25 bits per heavy atom. The third kappa shape index (κ3) is 5.44. The summed E-state index contributed by atoms with van der Waals surface area (Å²) in [6, 6.07) is 4.34. The number of hydrogen-bond donors (Lipinski definition) is 2. The molecular formula is C16H27ClN3O3S+. The average Bonchev–Trinajstić information content (AvgIpc) is 2.52. The maximum atomic E-state index is 12.6. The van der Waals surface area contributed by atoms with Gasteiger partial charge in [-0.05, 0) is 18.2 Å². The minimum atomic E-state index is -3.71. The van der Waals surface area contributed by atoms with Crippen LogP contribution in [0.5, 0.6) is 0 Å². The second-order valence-corrected chi connectivity index (χ2v) is 8.11. The third-order valence-electron chi connectivity index (χ3n) is 3.66. The molecule has 0 aliphatic rings. The standard InChI is InChI=1S/C16H26ClN3O3S/c1-5-20(6-2)24(22,23)15-12-13(8-9-14(15)17)16(21)18-10-7-11-19(3)4/h8-9,12H,5-7,10-11H2,1-4H3,(H,18,21)/p+1. The van der Waals surface area contributed by atoms with Gasteiger partial charge >= 0.3 is 0 Å². The number of halogens is 1. The lowest BCUT2D eigenvalue weighted by Crippen LogP contribution is -3.05. The van der Waals surface area contributed by atoms with Crippen molar-refractivity contribution in [3.05, 3.63) is 28.8 Å². The molecule has 0 aromatic heterocycles. The summed E-state index contributed by atoms with van der Waals surface area (Å²) in [5.74, 6) is -0.295. The minimum absolute atomic E-state index is 0.0294. The van der Waals surface area contributed by atoms with Crippen molar-refractivity contribution < 1.29 is 18.1 Å². The third-order valence-corrected chi connectivity index (χ3v) is 6.19. The molecule has 1 rings (SSSR count). The van der Waals surface area contributed by atoms with Crippen LogP contribution in [0.25, 0.3) is 0 Å².